The van der Waals surface area contributed by atoms with Gasteiger partial charge in [0.15, 0.2) is 5.11 Å². The fourth-order valence-electron chi connectivity index (χ4n) is 2.69. The van der Waals surface area contributed by atoms with Crippen molar-refractivity contribution in [1.29, 1.82) is 0 Å². The molecule has 1 aliphatic heterocycles. The van der Waals surface area contributed by atoms with Gasteiger partial charge >= 0.3 is 0 Å². The van der Waals surface area contributed by atoms with Gasteiger partial charge < -0.3 is 10.6 Å². The van der Waals surface area contributed by atoms with Gasteiger partial charge in [-0.1, -0.05) is 6.42 Å². The fourth-order valence-corrected chi connectivity index (χ4v) is 4.42. The topological polar surface area (TPSA) is 78.5 Å². The third-order valence-corrected chi connectivity index (χ3v) is 6.37. The predicted molar refractivity (Wildman–Crippen MR) is 96.1 cm³/mol. The van der Waals surface area contributed by atoms with Crippen LogP contribution in [-0.4, -0.2) is 36.8 Å². The predicted octanol–water partition coefficient (Wildman–Crippen LogP) is 2.08. The number of rotatable bonds is 4. The van der Waals surface area contributed by atoms with E-state index in [0.717, 1.165) is 32.1 Å². The van der Waals surface area contributed by atoms with E-state index < -0.39 is 10.0 Å². The number of nitrogens with zero attached hydrogens (tertiary/aromatic N) is 1. The molecule has 130 valence electrons. The molecule has 3 rings (SSSR count). The largest absolute Gasteiger partial charge is 0.332 e. The summed E-state index contributed by atoms with van der Waals surface area (Å²) in [4.78, 5) is 11.9. The summed E-state index contributed by atoms with van der Waals surface area (Å²) in [6.07, 6.45) is 4.73. The van der Waals surface area contributed by atoms with Crippen LogP contribution in [0.4, 0.5) is 5.69 Å². The van der Waals surface area contributed by atoms with Crippen molar-refractivity contribution in [1.82, 2.24) is 9.62 Å². The first-order valence-electron chi connectivity index (χ1n) is 8.19. The van der Waals surface area contributed by atoms with Gasteiger partial charge in [-0.05, 0) is 62.2 Å². The van der Waals surface area contributed by atoms with E-state index in [2.05, 4.69) is 10.6 Å². The third-order valence-electron chi connectivity index (χ3n) is 4.25. The zero-order valence-corrected chi connectivity index (χ0v) is 15.0. The Kier molecular flexibility index (Phi) is 5.17. The Morgan fingerprint density at radius 1 is 1.08 bits per heavy atom. The average molecular weight is 367 g/mol. The zero-order valence-electron chi connectivity index (χ0n) is 13.3. The molecule has 24 heavy (non-hydrogen) atoms. The van der Waals surface area contributed by atoms with Crippen LogP contribution >= 0.6 is 12.2 Å². The van der Waals surface area contributed by atoms with Crippen LogP contribution in [0.3, 0.4) is 0 Å². The number of carbonyl (C=O) groups is 1. The molecule has 0 atom stereocenters. The Morgan fingerprint density at radius 2 is 1.71 bits per heavy atom. The molecule has 1 heterocycles. The molecule has 0 radical (unpaired) electrons. The van der Waals surface area contributed by atoms with E-state index in [1.54, 1.807) is 28.6 Å². The van der Waals surface area contributed by atoms with Crippen molar-refractivity contribution < 1.29 is 13.2 Å². The monoisotopic (exact) mass is 367 g/mol. The van der Waals surface area contributed by atoms with Gasteiger partial charge in [-0.3, -0.25) is 4.79 Å². The summed E-state index contributed by atoms with van der Waals surface area (Å²) in [5.41, 5.74) is 0.647. The molecule has 2 aliphatic rings. The lowest BCUT2D eigenvalue weighted by Gasteiger charge is -2.25. The lowest BCUT2D eigenvalue weighted by molar-refractivity contribution is -0.120. The van der Waals surface area contributed by atoms with Crippen LogP contribution in [-0.2, 0) is 14.8 Å². The highest BCUT2D eigenvalue weighted by Crippen LogP contribution is 2.28. The summed E-state index contributed by atoms with van der Waals surface area (Å²) in [7, 11) is -3.43. The number of piperidine rings is 1. The summed E-state index contributed by atoms with van der Waals surface area (Å²) in [6, 6.07) is 6.45. The molecule has 1 aliphatic carbocycles. The Bertz CT molecular complexity index is 721. The highest BCUT2D eigenvalue weighted by Gasteiger charge is 2.30. The van der Waals surface area contributed by atoms with E-state index in [1.165, 1.54) is 0 Å². The number of benzene rings is 1. The van der Waals surface area contributed by atoms with Crippen molar-refractivity contribution in [3.05, 3.63) is 24.3 Å². The third kappa shape index (κ3) is 4.12. The van der Waals surface area contributed by atoms with Crippen LogP contribution < -0.4 is 10.6 Å². The average Bonchev–Trinajstić information content (AvgIpc) is 3.41. The molecule has 1 aromatic carbocycles. The molecule has 0 bridgehead atoms. The minimum atomic E-state index is -3.43. The zero-order chi connectivity index (χ0) is 17.2. The molecule has 8 heteroatoms. The van der Waals surface area contributed by atoms with Crippen LogP contribution in [0.15, 0.2) is 29.2 Å². The van der Waals surface area contributed by atoms with Gasteiger partial charge in [-0.2, -0.15) is 4.31 Å². The van der Waals surface area contributed by atoms with Crippen molar-refractivity contribution >= 4 is 38.9 Å². The van der Waals surface area contributed by atoms with Crippen LogP contribution in [0, 0.1) is 5.92 Å². The molecular weight excluding hydrogens is 346 g/mol. The van der Waals surface area contributed by atoms with Crippen molar-refractivity contribution in [2.45, 2.75) is 37.0 Å². The lowest BCUT2D eigenvalue weighted by atomic mass is 10.2. The second kappa shape index (κ2) is 7.16. The maximum Gasteiger partial charge on any atom is 0.243 e. The smallest absolute Gasteiger partial charge is 0.243 e. The molecule has 1 saturated carbocycles. The van der Waals surface area contributed by atoms with E-state index in [9.17, 15) is 13.2 Å². The summed E-state index contributed by atoms with van der Waals surface area (Å²) in [5, 5.41) is 5.78. The van der Waals surface area contributed by atoms with Gasteiger partial charge in [0, 0.05) is 24.7 Å². The van der Waals surface area contributed by atoms with Gasteiger partial charge in [0.2, 0.25) is 15.9 Å². The second-order valence-electron chi connectivity index (χ2n) is 6.21. The quantitative estimate of drug-likeness (QED) is 0.797. The SMILES string of the molecule is O=C(NC(=S)Nc1ccc(S(=O)(=O)N2CCCCC2)cc1)C1CC1. The second-order valence-corrected chi connectivity index (χ2v) is 8.55. The normalized spacial score (nSPS) is 18.8. The van der Waals surface area contributed by atoms with Gasteiger partial charge in [0.05, 0.1) is 4.90 Å². The number of carbonyl (C=O) groups excluding carboxylic acids is 1. The van der Waals surface area contributed by atoms with Crippen molar-refractivity contribution in [3.63, 3.8) is 0 Å². The molecule has 2 N–H and O–H groups in total. The number of anilines is 1. The van der Waals surface area contributed by atoms with Gasteiger partial charge in [-0.25, -0.2) is 8.42 Å². The molecule has 6 nitrogen and oxygen atoms in total. The maximum atomic E-state index is 12.6. The van der Waals surface area contributed by atoms with Crippen molar-refractivity contribution in [2.24, 2.45) is 5.92 Å². The van der Waals surface area contributed by atoms with Gasteiger partial charge in [0.1, 0.15) is 0 Å². The van der Waals surface area contributed by atoms with E-state index in [4.69, 9.17) is 12.2 Å². The Labute approximate surface area is 147 Å². The molecule has 0 aromatic heterocycles. The minimum Gasteiger partial charge on any atom is -0.332 e. The molecular formula is C16H21N3O3S2. The molecule has 0 spiro atoms. The van der Waals surface area contributed by atoms with E-state index in [0.29, 0.717) is 18.8 Å². The maximum absolute atomic E-state index is 12.6. The standard InChI is InChI=1S/C16H21N3O3S2/c20-15(12-4-5-12)18-16(23)17-13-6-8-14(9-7-13)24(21,22)19-10-2-1-3-11-19/h6-9,12H,1-5,10-11H2,(H2,17,18,20,23). The number of nitrogens with one attached hydrogen (secondary N) is 2. The van der Waals surface area contributed by atoms with Gasteiger partial charge in [0.25, 0.3) is 0 Å². The highest BCUT2D eigenvalue weighted by molar-refractivity contribution is 7.89. The van der Waals surface area contributed by atoms with Gasteiger partial charge in [-0.15, -0.1) is 0 Å². The fraction of sp³-hybridized carbons (Fsp3) is 0.500. The number of sulfonamides is 1. The van der Waals surface area contributed by atoms with E-state index in [-0.39, 0.29) is 21.8 Å². The molecule has 1 saturated heterocycles. The number of hydrogen-bond donors (Lipinski definition) is 2. The Balaban J connectivity index is 1.62. The van der Waals surface area contributed by atoms with Crippen LogP contribution in [0.25, 0.3) is 0 Å². The number of thiocarbonyl (C=S) groups is 1. The number of hydrogen-bond acceptors (Lipinski definition) is 4. The Morgan fingerprint density at radius 3 is 2.29 bits per heavy atom. The first-order valence-corrected chi connectivity index (χ1v) is 10.0. The molecule has 1 aromatic rings. The van der Waals surface area contributed by atoms with Crippen LogP contribution in [0.5, 0.6) is 0 Å². The molecule has 0 unspecified atom stereocenters. The Hall–Kier alpha value is -1.51. The molecule has 1 amide bonds. The lowest BCUT2D eigenvalue weighted by Crippen LogP contribution is -2.35. The van der Waals surface area contributed by atoms with E-state index >= 15 is 0 Å². The first kappa shape index (κ1) is 17.3. The van der Waals surface area contributed by atoms with Crippen LogP contribution in [0.2, 0.25) is 0 Å². The highest BCUT2D eigenvalue weighted by atomic mass is 32.2. The van der Waals surface area contributed by atoms with Crippen molar-refractivity contribution in [2.75, 3.05) is 18.4 Å². The molecule has 2 fully saturated rings. The summed E-state index contributed by atoms with van der Waals surface area (Å²) < 4.78 is 26.7. The van der Waals surface area contributed by atoms with E-state index in [1.807, 2.05) is 0 Å². The summed E-state index contributed by atoms with van der Waals surface area (Å²) in [5.74, 6) is 0.0265. The summed E-state index contributed by atoms with van der Waals surface area (Å²) in [6.45, 7) is 1.17. The van der Waals surface area contributed by atoms with Crippen molar-refractivity contribution in [3.8, 4) is 0 Å². The minimum absolute atomic E-state index is 0.0585. The van der Waals surface area contributed by atoms with Crippen LogP contribution in [0.1, 0.15) is 32.1 Å². The first-order chi connectivity index (χ1) is 11.5. The number of amides is 1. The summed E-state index contributed by atoms with van der Waals surface area (Å²) >= 11 is 5.10.